The molecule has 100 valence electrons. The molecule has 0 spiro atoms. The van der Waals surface area contributed by atoms with E-state index in [4.69, 9.17) is 9.47 Å². The van der Waals surface area contributed by atoms with Crippen LogP contribution in [0.5, 0.6) is 0 Å². The first-order valence-corrected chi connectivity index (χ1v) is 9.52. The number of rotatable bonds is 5. The molecule has 0 N–H and O–H groups in total. The summed E-state index contributed by atoms with van der Waals surface area (Å²) in [5.41, 5.74) is -0.0854. The Morgan fingerprint density at radius 2 is 1.47 bits per heavy atom. The van der Waals surface area contributed by atoms with Crippen molar-refractivity contribution < 1.29 is 19.1 Å². The van der Waals surface area contributed by atoms with E-state index in [0.29, 0.717) is 12.8 Å². The molecule has 17 heavy (non-hydrogen) atoms. The van der Waals surface area contributed by atoms with Crippen LogP contribution in [0.2, 0.25) is 19.6 Å². The van der Waals surface area contributed by atoms with E-state index >= 15 is 0 Å². The Hall–Kier alpha value is -0.843. The Bertz CT molecular complexity index is 245. The van der Waals surface area contributed by atoms with E-state index in [1.165, 1.54) is 0 Å². The maximum absolute atomic E-state index is 11.3. The first-order chi connectivity index (χ1) is 7.49. The summed E-state index contributed by atoms with van der Waals surface area (Å²) in [6, 6.07) is 0. The lowest BCUT2D eigenvalue weighted by atomic mass is 9.99. The average Bonchev–Trinajstić information content (AvgIpc) is 2.09. The van der Waals surface area contributed by atoms with Gasteiger partial charge in [-0.15, -0.1) is 0 Å². The van der Waals surface area contributed by atoms with Crippen molar-refractivity contribution in [1.29, 1.82) is 0 Å². The SMILES string of the molecule is CC(C)(C)COC(=O)CC(=O)OC[Si](C)(C)C. The van der Waals surface area contributed by atoms with Gasteiger partial charge in [0.15, 0.2) is 0 Å². The molecule has 0 heterocycles. The van der Waals surface area contributed by atoms with Gasteiger partial charge in [0.05, 0.1) is 20.9 Å². The van der Waals surface area contributed by atoms with Gasteiger partial charge in [0.2, 0.25) is 0 Å². The number of carbonyl (C=O) groups is 2. The molecule has 0 aromatic heterocycles. The highest BCUT2D eigenvalue weighted by Crippen LogP contribution is 2.13. The molecule has 0 rings (SSSR count). The Kier molecular flexibility index (Phi) is 5.88. The summed E-state index contributed by atoms with van der Waals surface area (Å²) in [6.45, 7) is 12.5. The van der Waals surface area contributed by atoms with Crippen LogP contribution in [0, 0.1) is 5.41 Å². The molecule has 0 fully saturated rings. The van der Waals surface area contributed by atoms with Crippen molar-refractivity contribution in [3.8, 4) is 0 Å². The van der Waals surface area contributed by atoms with Crippen molar-refractivity contribution in [2.75, 3.05) is 12.8 Å². The van der Waals surface area contributed by atoms with Crippen LogP contribution in [0.4, 0.5) is 0 Å². The molecule has 5 heteroatoms. The number of hydrogen-bond donors (Lipinski definition) is 0. The zero-order valence-electron chi connectivity index (χ0n) is 11.8. The third kappa shape index (κ3) is 11.4. The Morgan fingerprint density at radius 3 is 1.88 bits per heavy atom. The molecule has 4 nitrogen and oxygen atoms in total. The maximum atomic E-state index is 11.3. The fourth-order valence-corrected chi connectivity index (χ4v) is 1.41. The molecule has 0 amide bonds. The minimum atomic E-state index is -1.41. The third-order valence-electron chi connectivity index (χ3n) is 1.62. The molecule has 0 atom stereocenters. The average molecular weight is 260 g/mol. The van der Waals surface area contributed by atoms with E-state index < -0.39 is 20.0 Å². The monoisotopic (exact) mass is 260 g/mol. The van der Waals surface area contributed by atoms with Crippen molar-refractivity contribution in [3.63, 3.8) is 0 Å². The second kappa shape index (κ2) is 6.19. The highest BCUT2D eigenvalue weighted by atomic mass is 28.3. The van der Waals surface area contributed by atoms with Crippen LogP contribution < -0.4 is 0 Å². The predicted octanol–water partition coefficient (Wildman–Crippen LogP) is 2.39. The molecule has 0 aliphatic rings. The highest BCUT2D eigenvalue weighted by Gasteiger charge is 2.20. The van der Waals surface area contributed by atoms with Gasteiger partial charge in [-0.25, -0.2) is 0 Å². The van der Waals surface area contributed by atoms with Gasteiger partial charge in [-0.05, 0) is 5.41 Å². The smallest absolute Gasteiger partial charge is 0.317 e. The van der Waals surface area contributed by atoms with E-state index in [1.54, 1.807) is 0 Å². The molecule has 0 bridgehead atoms. The summed E-state index contributed by atoms with van der Waals surface area (Å²) >= 11 is 0. The molecular formula is C12H24O4Si. The van der Waals surface area contributed by atoms with Crippen molar-refractivity contribution in [2.45, 2.75) is 46.8 Å². The van der Waals surface area contributed by atoms with Crippen LogP contribution in [0.3, 0.4) is 0 Å². The van der Waals surface area contributed by atoms with Crippen LogP contribution >= 0.6 is 0 Å². The standard InChI is InChI=1S/C12H24O4Si/c1-12(2,3)8-15-10(13)7-11(14)16-9-17(4,5)6/h7-9H2,1-6H3. The fourth-order valence-electron chi connectivity index (χ4n) is 0.814. The fraction of sp³-hybridized carbons (Fsp3) is 0.833. The van der Waals surface area contributed by atoms with Gasteiger partial charge in [-0.3, -0.25) is 9.59 Å². The summed E-state index contributed by atoms with van der Waals surface area (Å²) in [5.74, 6) is -1.01. The second-order valence-corrected chi connectivity index (χ2v) is 12.0. The van der Waals surface area contributed by atoms with E-state index in [0.717, 1.165) is 0 Å². The van der Waals surface area contributed by atoms with Crippen molar-refractivity contribution in [1.82, 2.24) is 0 Å². The Morgan fingerprint density at radius 1 is 1.00 bits per heavy atom. The van der Waals surface area contributed by atoms with Crippen LogP contribution in [0.15, 0.2) is 0 Å². The van der Waals surface area contributed by atoms with E-state index in [2.05, 4.69) is 19.6 Å². The Labute approximate surface area is 105 Å². The minimum absolute atomic E-state index is 0.0854. The number of ether oxygens (including phenoxy) is 2. The van der Waals surface area contributed by atoms with Crippen LogP contribution in [-0.4, -0.2) is 32.8 Å². The lowest BCUT2D eigenvalue weighted by Gasteiger charge is -2.18. The highest BCUT2D eigenvalue weighted by molar-refractivity contribution is 6.76. The largest absolute Gasteiger partial charge is 0.469 e. The van der Waals surface area contributed by atoms with Gasteiger partial charge in [-0.1, -0.05) is 40.4 Å². The van der Waals surface area contributed by atoms with Gasteiger partial charge in [-0.2, -0.15) is 0 Å². The quantitative estimate of drug-likeness (QED) is 0.433. The second-order valence-electron chi connectivity index (χ2n) is 6.62. The summed E-state index contributed by atoms with van der Waals surface area (Å²) in [4.78, 5) is 22.6. The van der Waals surface area contributed by atoms with E-state index in [-0.39, 0.29) is 11.8 Å². The number of esters is 2. The van der Waals surface area contributed by atoms with Gasteiger partial charge in [0, 0.05) is 0 Å². The normalized spacial score (nSPS) is 12.1. The lowest BCUT2D eigenvalue weighted by Crippen LogP contribution is -2.30. The maximum Gasteiger partial charge on any atom is 0.317 e. The molecule has 0 saturated heterocycles. The van der Waals surface area contributed by atoms with Crippen LogP contribution in [0.25, 0.3) is 0 Å². The molecule has 0 unspecified atom stereocenters. The van der Waals surface area contributed by atoms with Gasteiger partial charge in [0.1, 0.15) is 6.42 Å². The third-order valence-corrected chi connectivity index (χ3v) is 2.63. The molecule has 0 saturated carbocycles. The summed E-state index contributed by atoms with van der Waals surface area (Å²) in [7, 11) is -1.41. The number of hydrogen-bond acceptors (Lipinski definition) is 4. The molecule has 0 aliphatic heterocycles. The van der Waals surface area contributed by atoms with Gasteiger partial charge in [0.25, 0.3) is 0 Å². The first kappa shape index (κ1) is 16.2. The van der Waals surface area contributed by atoms with Crippen molar-refractivity contribution >= 4 is 20.0 Å². The zero-order chi connectivity index (χ0) is 13.7. The van der Waals surface area contributed by atoms with Crippen molar-refractivity contribution in [2.24, 2.45) is 5.41 Å². The topological polar surface area (TPSA) is 52.6 Å². The van der Waals surface area contributed by atoms with E-state index in [9.17, 15) is 9.59 Å². The minimum Gasteiger partial charge on any atom is -0.469 e. The van der Waals surface area contributed by atoms with Crippen LogP contribution in [0.1, 0.15) is 27.2 Å². The molecular weight excluding hydrogens is 236 g/mol. The van der Waals surface area contributed by atoms with Gasteiger partial charge < -0.3 is 9.47 Å². The van der Waals surface area contributed by atoms with Crippen molar-refractivity contribution in [3.05, 3.63) is 0 Å². The summed E-state index contributed by atoms with van der Waals surface area (Å²) < 4.78 is 10.0. The molecule has 0 aromatic rings. The van der Waals surface area contributed by atoms with Crippen LogP contribution in [-0.2, 0) is 19.1 Å². The molecule has 0 aliphatic carbocycles. The van der Waals surface area contributed by atoms with E-state index in [1.807, 2.05) is 20.8 Å². The first-order valence-electron chi connectivity index (χ1n) is 5.81. The molecule has 0 radical (unpaired) electrons. The van der Waals surface area contributed by atoms with Gasteiger partial charge >= 0.3 is 11.9 Å². The zero-order valence-corrected chi connectivity index (χ0v) is 12.8. The summed E-state index contributed by atoms with van der Waals surface area (Å²) in [6.07, 6.45) is 0.152. The predicted molar refractivity (Wildman–Crippen MR) is 69.3 cm³/mol. The lowest BCUT2D eigenvalue weighted by molar-refractivity contribution is -0.155. The number of carbonyl (C=O) groups excluding carboxylic acids is 2. The Balaban J connectivity index is 3.86. The summed E-state index contributed by atoms with van der Waals surface area (Å²) in [5, 5.41) is 0. The molecule has 0 aromatic carbocycles.